The second-order valence-corrected chi connectivity index (χ2v) is 4.44. The van der Waals surface area contributed by atoms with E-state index in [0.717, 1.165) is 0 Å². The Morgan fingerprint density at radius 2 is 2.11 bits per heavy atom. The molecule has 2 unspecified atom stereocenters. The van der Waals surface area contributed by atoms with Crippen molar-refractivity contribution >= 4 is 11.7 Å². The van der Waals surface area contributed by atoms with Crippen LogP contribution in [-0.2, 0) is 9.53 Å². The van der Waals surface area contributed by atoms with Crippen LogP contribution in [0.25, 0.3) is 0 Å². The lowest BCUT2D eigenvalue weighted by Gasteiger charge is -2.24. The summed E-state index contributed by atoms with van der Waals surface area (Å²) in [6.07, 6.45) is 1.23. The number of methoxy groups -OCH3 is 1. The van der Waals surface area contributed by atoms with Gasteiger partial charge in [0.25, 0.3) is 0 Å². The average Bonchev–Trinajstić information content (AvgIpc) is 2.40. The smallest absolute Gasteiger partial charge is 0.222 e. The highest BCUT2D eigenvalue weighted by atomic mass is 16.5. The molecule has 1 amide bonds. The predicted octanol–water partition coefficient (Wildman–Crippen LogP) is 1.03. The van der Waals surface area contributed by atoms with Crippen LogP contribution in [-0.4, -0.2) is 48.2 Å². The van der Waals surface area contributed by atoms with E-state index in [1.807, 2.05) is 20.8 Å². The first kappa shape index (κ1) is 16.7. The minimum absolute atomic E-state index is 0.0685. The molecule has 3 N–H and O–H groups in total. The fraction of sp³-hybridized carbons (Fsp3) is 0.833. The number of oxime groups is 1. The van der Waals surface area contributed by atoms with E-state index in [-0.39, 0.29) is 23.8 Å². The van der Waals surface area contributed by atoms with Gasteiger partial charge in [-0.2, -0.15) is 0 Å². The summed E-state index contributed by atoms with van der Waals surface area (Å²) < 4.78 is 5.11. The fourth-order valence-electron chi connectivity index (χ4n) is 1.53. The van der Waals surface area contributed by atoms with Crippen LogP contribution in [0.1, 0.15) is 33.6 Å². The van der Waals surface area contributed by atoms with E-state index in [9.17, 15) is 4.79 Å². The molecule has 0 aliphatic rings. The summed E-state index contributed by atoms with van der Waals surface area (Å²) in [5.41, 5.74) is 5.51. The van der Waals surface area contributed by atoms with Crippen LogP contribution in [0.15, 0.2) is 5.16 Å². The summed E-state index contributed by atoms with van der Waals surface area (Å²) in [7, 11) is 1.63. The zero-order valence-corrected chi connectivity index (χ0v) is 11.7. The number of ether oxygens (including phenoxy) is 1. The van der Waals surface area contributed by atoms with Gasteiger partial charge in [-0.05, 0) is 20.3 Å². The Morgan fingerprint density at radius 1 is 1.50 bits per heavy atom. The van der Waals surface area contributed by atoms with Crippen molar-refractivity contribution in [2.75, 3.05) is 20.2 Å². The molecule has 0 aromatic rings. The molecule has 0 aliphatic carbocycles. The normalized spacial score (nSPS) is 15.2. The molecule has 18 heavy (non-hydrogen) atoms. The van der Waals surface area contributed by atoms with Crippen molar-refractivity contribution in [3.8, 4) is 0 Å². The van der Waals surface area contributed by atoms with Crippen LogP contribution in [0.5, 0.6) is 0 Å². The van der Waals surface area contributed by atoms with Crippen molar-refractivity contribution in [2.24, 2.45) is 16.8 Å². The summed E-state index contributed by atoms with van der Waals surface area (Å²) in [4.78, 5) is 13.7. The third-order valence-electron chi connectivity index (χ3n) is 3.02. The maximum atomic E-state index is 12.0. The minimum atomic E-state index is -0.154. The molecule has 106 valence electrons. The van der Waals surface area contributed by atoms with Gasteiger partial charge in [0, 0.05) is 32.5 Å². The summed E-state index contributed by atoms with van der Waals surface area (Å²) in [5, 5.41) is 11.5. The molecule has 0 radical (unpaired) electrons. The quantitative estimate of drug-likeness (QED) is 0.295. The van der Waals surface area contributed by atoms with Crippen molar-refractivity contribution in [3.05, 3.63) is 0 Å². The first-order valence-electron chi connectivity index (χ1n) is 6.24. The van der Waals surface area contributed by atoms with Gasteiger partial charge < -0.3 is 20.6 Å². The van der Waals surface area contributed by atoms with Crippen molar-refractivity contribution < 1.29 is 14.7 Å². The topological polar surface area (TPSA) is 88.1 Å². The highest BCUT2D eigenvalue weighted by molar-refractivity contribution is 5.83. The molecule has 6 heteroatoms. The van der Waals surface area contributed by atoms with Gasteiger partial charge in [-0.15, -0.1) is 0 Å². The molecule has 0 fully saturated rings. The molecular formula is C12H25N3O3. The van der Waals surface area contributed by atoms with Gasteiger partial charge in [-0.3, -0.25) is 4.79 Å². The molecule has 2 atom stereocenters. The van der Waals surface area contributed by atoms with Gasteiger partial charge in [0.15, 0.2) is 0 Å². The second-order valence-electron chi connectivity index (χ2n) is 4.44. The lowest BCUT2D eigenvalue weighted by Crippen LogP contribution is -2.39. The number of carbonyl (C=O) groups is 1. The SMILES string of the molecule is CCN(CC(C)C(N)=NO)C(=O)CCC(C)OC. The Labute approximate surface area is 109 Å². The van der Waals surface area contributed by atoms with E-state index in [1.165, 1.54) is 0 Å². The monoisotopic (exact) mass is 259 g/mol. The van der Waals surface area contributed by atoms with Gasteiger partial charge >= 0.3 is 0 Å². The summed E-state index contributed by atoms with van der Waals surface area (Å²) in [6.45, 7) is 6.75. The van der Waals surface area contributed by atoms with Crippen molar-refractivity contribution in [1.29, 1.82) is 0 Å². The molecule has 6 nitrogen and oxygen atoms in total. The van der Waals surface area contributed by atoms with Crippen LogP contribution in [0.4, 0.5) is 0 Å². The van der Waals surface area contributed by atoms with Crippen molar-refractivity contribution in [2.45, 2.75) is 39.7 Å². The van der Waals surface area contributed by atoms with Crippen LogP contribution in [0.3, 0.4) is 0 Å². The lowest BCUT2D eigenvalue weighted by molar-refractivity contribution is -0.132. The van der Waals surface area contributed by atoms with Gasteiger partial charge in [0.2, 0.25) is 5.91 Å². The Balaban J connectivity index is 4.27. The largest absolute Gasteiger partial charge is 0.409 e. The highest BCUT2D eigenvalue weighted by Gasteiger charge is 2.17. The molecule has 0 aromatic heterocycles. The predicted molar refractivity (Wildman–Crippen MR) is 70.5 cm³/mol. The average molecular weight is 259 g/mol. The van der Waals surface area contributed by atoms with Gasteiger partial charge in [-0.1, -0.05) is 12.1 Å². The van der Waals surface area contributed by atoms with E-state index in [0.29, 0.717) is 25.9 Å². The zero-order chi connectivity index (χ0) is 14.1. The van der Waals surface area contributed by atoms with Crippen LogP contribution in [0, 0.1) is 5.92 Å². The molecule has 0 aromatic carbocycles. The Bertz CT molecular complexity index is 282. The zero-order valence-electron chi connectivity index (χ0n) is 11.7. The van der Waals surface area contributed by atoms with E-state index < -0.39 is 0 Å². The van der Waals surface area contributed by atoms with Crippen LogP contribution < -0.4 is 5.73 Å². The van der Waals surface area contributed by atoms with E-state index in [1.54, 1.807) is 12.0 Å². The Morgan fingerprint density at radius 3 is 2.56 bits per heavy atom. The molecule has 0 saturated carbocycles. The fourth-order valence-corrected chi connectivity index (χ4v) is 1.53. The number of nitrogens with zero attached hydrogens (tertiary/aromatic N) is 2. The molecule has 0 spiro atoms. The van der Waals surface area contributed by atoms with Crippen LogP contribution in [0.2, 0.25) is 0 Å². The number of amides is 1. The molecule has 0 bridgehead atoms. The molecule has 0 heterocycles. The van der Waals surface area contributed by atoms with Crippen molar-refractivity contribution in [3.63, 3.8) is 0 Å². The molecule has 0 saturated heterocycles. The summed E-state index contributed by atoms with van der Waals surface area (Å²) in [5.74, 6) is 0.0595. The number of carbonyl (C=O) groups excluding carboxylic acids is 1. The lowest BCUT2D eigenvalue weighted by atomic mass is 10.1. The number of rotatable bonds is 8. The minimum Gasteiger partial charge on any atom is -0.409 e. The first-order valence-corrected chi connectivity index (χ1v) is 6.24. The van der Waals surface area contributed by atoms with Gasteiger partial charge in [-0.25, -0.2) is 0 Å². The highest BCUT2D eigenvalue weighted by Crippen LogP contribution is 2.07. The maximum absolute atomic E-state index is 12.0. The number of hydrogen-bond donors (Lipinski definition) is 2. The number of nitrogens with two attached hydrogens (primary N) is 1. The Hall–Kier alpha value is -1.30. The molecule has 0 rings (SSSR count). The van der Waals surface area contributed by atoms with Gasteiger partial charge in [0.05, 0.1) is 6.10 Å². The van der Waals surface area contributed by atoms with Crippen LogP contribution >= 0.6 is 0 Å². The standard InChI is InChI=1S/C12H25N3O3/c1-5-15(8-9(2)12(13)14-17)11(16)7-6-10(3)18-4/h9-10,17H,5-8H2,1-4H3,(H2,13,14). The van der Waals surface area contributed by atoms with E-state index >= 15 is 0 Å². The molecular weight excluding hydrogens is 234 g/mol. The third-order valence-corrected chi connectivity index (χ3v) is 3.02. The third kappa shape index (κ3) is 5.86. The van der Waals surface area contributed by atoms with Crippen molar-refractivity contribution in [1.82, 2.24) is 4.90 Å². The van der Waals surface area contributed by atoms with Gasteiger partial charge in [0.1, 0.15) is 5.84 Å². The summed E-state index contributed by atoms with van der Waals surface area (Å²) >= 11 is 0. The summed E-state index contributed by atoms with van der Waals surface area (Å²) in [6, 6.07) is 0. The van der Waals surface area contributed by atoms with E-state index in [4.69, 9.17) is 15.7 Å². The van der Waals surface area contributed by atoms with E-state index in [2.05, 4.69) is 5.16 Å². The second kappa shape index (κ2) is 8.74. The molecule has 0 aliphatic heterocycles. The number of amidine groups is 1. The maximum Gasteiger partial charge on any atom is 0.222 e. The Kier molecular flexibility index (Phi) is 8.11. The first-order chi connectivity index (χ1) is 8.46. The number of hydrogen-bond acceptors (Lipinski definition) is 4.